The van der Waals surface area contributed by atoms with Crippen molar-refractivity contribution in [2.24, 2.45) is 0 Å². The maximum Gasteiger partial charge on any atom is 0.241 e. The Morgan fingerprint density at radius 1 is 1.13 bits per heavy atom. The lowest BCUT2D eigenvalue weighted by Gasteiger charge is -2.37. The van der Waals surface area contributed by atoms with Gasteiger partial charge in [-0.05, 0) is 19.1 Å². The number of nitrogens with one attached hydrogen (secondary N) is 1. The van der Waals surface area contributed by atoms with Gasteiger partial charge in [0, 0.05) is 44.9 Å². The van der Waals surface area contributed by atoms with Gasteiger partial charge in [-0.25, -0.2) is 0 Å². The number of nitrogens with zero attached hydrogens (tertiary/aromatic N) is 2. The highest BCUT2D eigenvalue weighted by Gasteiger charge is 2.26. The third-order valence-electron chi connectivity index (χ3n) is 4.33. The first-order chi connectivity index (χ1) is 11.0. The van der Waals surface area contributed by atoms with Crippen LogP contribution in [0, 0.1) is 0 Å². The van der Waals surface area contributed by atoms with E-state index in [1.165, 1.54) is 0 Å². The van der Waals surface area contributed by atoms with Gasteiger partial charge >= 0.3 is 0 Å². The molecule has 0 saturated carbocycles. The SMILES string of the molecule is CC(=O)N1CCN([C@@H](C)C(=O)Nc2ccc3c(c2)OCO3)CC1. The molecule has 3 rings (SSSR count). The number of rotatable bonds is 3. The van der Waals surface area contributed by atoms with Gasteiger partial charge in [-0.15, -0.1) is 0 Å². The quantitative estimate of drug-likeness (QED) is 0.896. The zero-order valence-electron chi connectivity index (χ0n) is 13.4. The first-order valence-corrected chi connectivity index (χ1v) is 7.74. The minimum absolute atomic E-state index is 0.0693. The van der Waals surface area contributed by atoms with Crippen LogP contribution in [0.15, 0.2) is 18.2 Å². The molecule has 1 N–H and O–H groups in total. The van der Waals surface area contributed by atoms with E-state index < -0.39 is 0 Å². The van der Waals surface area contributed by atoms with Crippen LogP contribution in [-0.4, -0.2) is 60.6 Å². The van der Waals surface area contributed by atoms with Crippen molar-refractivity contribution in [2.75, 3.05) is 38.3 Å². The molecule has 1 atom stereocenters. The molecule has 0 aromatic heterocycles. The first-order valence-electron chi connectivity index (χ1n) is 7.74. The summed E-state index contributed by atoms with van der Waals surface area (Å²) in [5, 5.41) is 2.91. The zero-order valence-corrected chi connectivity index (χ0v) is 13.4. The van der Waals surface area contributed by atoms with E-state index in [-0.39, 0.29) is 24.6 Å². The Kier molecular flexibility index (Phi) is 4.38. The van der Waals surface area contributed by atoms with E-state index in [2.05, 4.69) is 10.2 Å². The summed E-state index contributed by atoms with van der Waals surface area (Å²) in [5.41, 5.74) is 0.688. The van der Waals surface area contributed by atoms with Crippen LogP contribution in [0.25, 0.3) is 0 Å². The molecule has 7 nitrogen and oxygen atoms in total. The monoisotopic (exact) mass is 319 g/mol. The fourth-order valence-corrected chi connectivity index (χ4v) is 2.81. The van der Waals surface area contributed by atoms with E-state index in [0.717, 1.165) is 0 Å². The van der Waals surface area contributed by atoms with Gasteiger partial charge in [0.1, 0.15) is 0 Å². The van der Waals surface area contributed by atoms with Gasteiger partial charge in [0.05, 0.1) is 6.04 Å². The van der Waals surface area contributed by atoms with Crippen molar-refractivity contribution < 1.29 is 19.1 Å². The molecule has 2 aliphatic rings. The van der Waals surface area contributed by atoms with Crippen LogP contribution in [0.1, 0.15) is 13.8 Å². The van der Waals surface area contributed by atoms with Gasteiger partial charge < -0.3 is 19.7 Å². The van der Waals surface area contributed by atoms with E-state index in [0.29, 0.717) is 43.4 Å². The number of amides is 2. The maximum absolute atomic E-state index is 12.4. The zero-order chi connectivity index (χ0) is 16.4. The van der Waals surface area contributed by atoms with Gasteiger partial charge in [-0.3, -0.25) is 14.5 Å². The molecule has 0 spiro atoms. The number of benzene rings is 1. The predicted molar refractivity (Wildman–Crippen MR) is 84.5 cm³/mol. The first kappa shape index (κ1) is 15.6. The van der Waals surface area contributed by atoms with Crippen LogP contribution < -0.4 is 14.8 Å². The Balaban J connectivity index is 1.57. The fourth-order valence-electron chi connectivity index (χ4n) is 2.81. The van der Waals surface area contributed by atoms with Crippen LogP contribution in [-0.2, 0) is 9.59 Å². The summed E-state index contributed by atoms with van der Waals surface area (Å²) in [6.45, 7) is 6.40. The number of hydrogen-bond donors (Lipinski definition) is 1. The molecule has 0 radical (unpaired) electrons. The topological polar surface area (TPSA) is 71.1 Å². The van der Waals surface area contributed by atoms with Crippen molar-refractivity contribution in [3.63, 3.8) is 0 Å². The number of carbonyl (C=O) groups excluding carboxylic acids is 2. The fraction of sp³-hybridized carbons (Fsp3) is 0.500. The Bertz CT molecular complexity index is 611. The number of hydrogen-bond acceptors (Lipinski definition) is 5. The van der Waals surface area contributed by atoms with Crippen LogP contribution in [0.5, 0.6) is 11.5 Å². The van der Waals surface area contributed by atoms with E-state index in [9.17, 15) is 9.59 Å². The smallest absolute Gasteiger partial charge is 0.241 e. The molecule has 0 bridgehead atoms. The summed E-state index contributed by atoms with van der Waals surface area (Å²) in [5.74, 6) is 1.35. The highest BCUT2D eigenvalue weighted by atomic mass is 16.7. The molecule has 2 aliphatic heterocycles. The van der Waals surface area contributed by atoms with Gasteiger partial charge in [0.2, 0.25) is 18.6 Å². The molecule has 23 heavy (non-hydrogen) atoms. The van der Waals surface area contributed by atoms with Crippen molar-refractivity contribution in [2.45, 2.75) is 19.9 Å². The molecule has 2 amide bonds. The molecule has 1 fully saturated rings. The Labute approximate surface area is 135 Å². The lowest BCUT2D eigenvalue weighted by Crippen LogP contribution is -2.53. The lowest BCUT2D eigenvalue weighted by molar-refractivity contribution is -0.131. The number of ether oxygens (including phenoxy) is 2. The summed E-state index contributed by atoms with van der Waals surface area (Å²) in [6.07, 6.45) is 0. The maximum atomic E-state index is 12.4. The van der Waals surface area contributed by atoms with Crippen LogP contribution in [0.4, 0.5) is 5.69 Å². The van der Waals surface area contributed by atoms with Gasteiger partial charge in [-0.1, -0.05) is 0 Å². The number of anilines is 1. The van der Waals surface area contributed by atoms with E-state index in [4.69, 9.17) is 9.47 Å². The minimum Gasteiger partial charge on any atom is -0.454 e. The number of piperazine rings is 1. The normalized spacial score (nSPS) is 18.6. The molecule has 1 saturated heterocycles. The van der Waals surface area contributed by atoms with Crippen molar-refractivity contribution in [1.82, 2.24) is 9.80 Å². The number of carbonyl (C=O) groups is 2. The Morgan fingerprint density at radius 3 is 2.52 bits per heavy atom. The van der Waals surface area contributed by atoms with Crippen molar-refractivity contribution >= 4 is 17.5 Å². The third-order valence-corrected chi connectivity index (χ3v) is 4.33. The van der Waals surface area contributed by atoms with E-state index >= 15 is 0 Å². The second-order valence-corrected chi connectivity index (χ2v) is 5.78. The van der Waals surface area contributed by atoms with Crippen molar-refractivity contribution in [3.05, 3.63) is 18.2 Å². The summed E-state index contributed by atoms with van der Waals surface area (Å²) < 4.78 is 10.6. The average molecular weight is 319 g/mol. The van der Waals surface area contributed by atoms with Crippen LogP contribution >= 0.6 is 0 Å². The van der Waals surface area contributed by atoms with Crippen molar-refractivity contribution in [3.8, 4) is 11.5 Å². The summed E-state index contributed by atoms with van der Waals surface area (Å²) in [4.78, 5) is 27.7. The van der Waals surface area contributed by atoms with Gasteiger partial charge in [-0.2, -0.15) is 0 Å². The predicted octanol–water partition coefficient (Wildman–Crippen LogP) is 0.906. The van der Waals surface area contributed by atoms with Crippen molar-refractivity contribution in [1.29, 1.82) is 0 Å². The highest BCUT2D eigenvalue weighted by molar-refractivity contribution is 5.94. The van der Waals surface area contributed by atoms with E-state index in [1.807, 2.05) is 6.92 Å². The molecule has 1 aromatic carbocycles. The molecule has 0 aliphatic carbocycles. The second-order valence-electron chi connectivity index (χ2n) is 5.78. The largest absolute Gasteiger partial charge is 0.454 e. The Morgan fingerprint density at radius 2 is 1.83 bits per heavy atom. The highest BCUT2D eigenvalue weighted by Crippen LogP contribution is 2.34. The standard InChI is InChI=1S/C16H21N3O4/c1-11(18-5-7-19(8-6-18)12(2)20)16(21)17-13-3-4-14-15(9-13)23-10-22-14/h3-4,9,11H,5-8,10H2,1-2H3,(H,17,21)/t11-/m0/s1. The second kappa shape index (κ2) is 6.45. The Hall–Kier alpha value is -2.28. The van der Waals surface area contributed by atoms with Crippen LogP contribution in [0.3, 0.4) is 0 Å². The summed E-state index contributed by atoms with van der Waals surface area (Å²) in [6, 6.07) is 5.09. The molecule has 124 valence electrons. The third kappa shape index (κ3) is 3.39. The summed E-state index contributed by atoms with van der Waals surface area (Å²) in [7, 11) is 0. The molecule has 7 heteroatoms. The van der Waals surface area contributed by atoms with Crippen LogP contribution in [0.2, 0.25) is 0 Å². The average Bonchev–Trinajstić information content (AvgIpc) is 3.01. The molecule has 2 heterocycles. The van der Waals surface area contributed by atoms with Gasteiger partial charge in [0.15, 0.2) is 11.5 Å². The van der Waals surface area contributed by atoms with E-state index in [1.54, 1.807) is 30.0 Å². The molecule has 1 aromatic rings. The minimum atomic E-state index is -0.255. The molecule has 0 unspecified atom stereocenters. The molecular weight excluding hydrogens is 298 g/mol. The molecular formula is C16H21N3O4. The summed E-state index contributed by atoms with van der Waals surface area (Å²) >= 11 is 0. The number of fused-ring (bicyclic) bond motifs is 1. The van der Waals surface area contributed by atoms with Gasteiger partial charge in [0.25, 0.3) is 0 Å². The lowest BCUT2D eigenvalue weighted by atomic mass is 10.2.